The maximum Gasteiger partial charge on any atom is 0.268 e. The van der Waals surface area contributed by atoms with Gasteiger partial charge >= 0.3 is 0 Å². The van der Waals surface area contributed by atoms with Crippen LogP contribution in [0.5, 0.6) is 0 Å². The van der Waals surface area contributed by atoms with Gasteiger partial charge in [-0.3, -0.25) is 9.78 Å². The number of hydrogen-bond donors (Lipinski definition) is 0. The summed E-state index contributed by atoms with van der Waals surface area (Å²) >= 11 is 0. The summed E-state index contributed by atoms with van der Waals surface area (Å²) in [6.45, 7) is 0.428. The van der Waals surface area contributed by atoms with Gasteiger partial charge in [0.2, 0.25) is 0 Å². The predicted molar refractivity (Wildman–Crippen MR) is 76.3 cm³/mol. The Labute approximate surface area is 115 Å². The third-order valence-electron chi connectivity index (χ3n) is 3.22. The molecule has 2 aromatic heterocycles. The molecule has 0 N–H and O–H groups in total. The first-order valence-electron chi connectivity index (χ1n) is 6.22. The largest absolute Gasteiger partial charge is 0.310 e. The van der Waals surface area contributed by atoms with Gasteiger partial charge in [0.25, 0.3) is 5.56 Å². The smallest absolute Gasteiger partial charge is 0.268 e. The molecule has 0 aliphatic heterocycles. The number of pyridine rings is 2. The van der Waals surface area contributed by atoms with E-state index in [1.54, 1.807) is 23.0 Å². The van der Waals surface area contributed by atoms with Gasteiger partial charge in [-0.1, -0.05) is 18.2 Å². The van der Waals surface area contributed by atoms with E-state index in [1.807, 2.05) is 36.4 Å². The molecule has 0 spiro atoms. The van der Waals surface area contributed by atoms with Crippen molar-refractivity contribution in [3.63, 3.8) is 0 Å². The van der Waals surface area contributed by atoms with Crippen LogP contribution in [0.3, 0.4) is 0 Å². The van der Waals surface area contributed by atoms with Gasteiger partial charge in [-0.2, -0.15) is 5.26 Å². The minimum Gasteiger partial charge on any atom is -0.310 e. The van der Waals surface area contributed by atoms with E-state index in [0.717, 1.165) is 16.5 Å². The minimum atomic E-state index is -0.268. The lowest BCUT2D eigenvalue weighted by Gasteiger charge is -2.08. The standard InChI is InChI=1S/C16H11N3O/c17-10-12-4-3-9-19(16(12)20)11-13-7-8-18-15-6-2-1-5-14(13)15/h1-9H,11H2. The Morgan fingerprint density at radius 2 is 2.00 bits per heavy atom. The number of nitriles is 1. The minimum absolute atomic E-state index is 0.158. The zero-order valence-electron chi connectivity index (χ0n) is 10.7. The van der Waals surface area contributed by atoms with Crippen molar-refractivity contribution in [2.75, 3.05) is 0 Å². The highest BCUT2D eigenvalue weighted by atomic mass is 16.1. The molecular weight excluding hydrogens is 250 g/mol. The normalized spacial score (nSPS) is 10.3. The molecular formula is C16H11N3O. The Hall–Kier alpha value is -2.93. The Kier molecular flexibility index (Phi) is 3.02. The van der Waals surface area contributed by atoms with E-state index in [-0.39, 0.29) is 11.1 Å². The van der Waals surface area contributed by atoms with Crippen molar-refractivity contribution in [1.82, 2.24) is 9.55 Å². The molecule has 0 saturated carbocycles. The van der Waals surface area contributed by atoms with Crippen LogP contribution in [0.2, 0.25) is 0 Å². The van der Waals surface area contributed by atoms with Crippen LogP contribution < -0.4 is 5.56 Å². The molecule has 20 heavy (non-hydrogen) atoms. The van der Waals surface area contributed by atoms with Crippen molar-refractivity contribution in [2.24, 2.45) is 0 Å². The molecule has 0 amide bonds. The Morgan fingerprint density at radius 1 is 1.15 bits per heavy atom. The number of para-hydroxylation sites is 1. The molecule has 0 unspecified atom stereocenters. The van der Waals surface area contributed by atoms with Crippen molar-refractivity contribution in [3.8, 4) is 6.07 Å². The van der Waals surface area contributed by atoms with Gasteiger partial charge < -0.3 is 4.57 Å². The van der Waals surface area contributed by atoms with Gasteiger partial charge in [0.05, 0.1) is 12.1 Å². The van der Waals surface area contributed by atoms with Crippen molar-refractivity contribution < 1.29 is 0 Å². The number of fused-ring (bicyclic) bond motifs is 1. The number of hydrogen-bond acceptors (Lipinski definition) is 3. The highest BCUT2D eigenvalue weighted by Crippen LogP contribution is 2.16. The van der Waals surface area contributed by atoms with Crippen molar-refractivity contribution in [1.29, 1.82) is 5.26 Å². The summed E-state index contributed by atoms with van der Waals surface area (Å²) in [6.07, 6.45) is 3.43. The highest BCUT2D eigenvalue weighted by molar-refractivity contribution is 5.81. The third kappa shape index (κ3) is 2.06. The second-order valence-electron chi connectivity index (χ2n) is 4.45. The maximum absolute atomic E-state index is 12.1. The molecule has 4 nitrogen and oxygen atoms in total. The molecule has 3 rings (SSSR count). The van der Waals surface area contributed by atoms with Crippen LogP contribution in [-0.2, 0) is 6.54 Å². The van der Waals surface area contributed by atoms with Crippen LogP contribution >= 0.6 is 0 Å². The van der Waals surface area contributed by atoms with Gasteiger partial charge in [0, 0.05) is 17.8 Å². The molecule has 0 bridgehead atoms. The SMILES string of the molecule is N#Cc1cccn(Cc2ccnc3ccccc23)c1=O. The van der Waals surface area contributed by atoms with Crippen LogP contribution in [0.4, 0.5) is 0 Å². The third-order valence-corrected chi connectivity index (χ3v) is 3.22. The zero-order chi connectivity index (χ0) is 13.9. The molecule has 0 aliphatic carbocycles. The molecule has 4 heteroatoms. The lowest BCUT2D eigenvalue weighted by atomic mass is 10.1. The molecule has 0 radical (unpaired) electrons. The molecule has 2 heterocycles. The summed E-state index contributed by atoms with van der Waals surface area (Å²) in [6, 6.07) is 14.9. The molecule has 0 aliphatic rings. The van der Waals surface area contributed by atoms with E-state index in [0.29, 0.717) is 6.54 Å². The quantitative estimate of drug-likeness (QED) is 0.711. The predicted octanol–water partition coefficient (Wildman–Crippen LogP) is 2.32. The average Bonchev–Trinajstić information content (AvgIpc) is 2.50. The molecule has 0 saturated heterocycles. The number of rotatable bonds is 2. The summed E-state index contributed by atoms with van der Waals surface area (Å²) in [5, 5.41) is 9.93. The topological polar surface area (TPSA) is 58.7 Å². The van der Waals surface area contributed by atoms with Crippen molar-refractivity contribution in [3.05, 3.63) is 76.3 Å². The van der Waals surface area contributed by atoms with E-state index in [9.17, 15) is 4.79 Å². The lowest BCUT2D eigenvalue weighted by molar-refractivity contribution is 0.760. The van der Waals surface area contributed by atoms with Crippen molar-refractivity contribution in [2.45, 2.75) is 6.54 Å². The first-order valence-corrected chi connectivity index (χ1v) is 6.22. The molecule has 0 fully saturated rings. The van der Waals surface area contributed by atoms with Gasteiger partial charge in [-0.05, 0) is 29.8 Å². The first kappa shape index (κ1) is 12.1. The Balaban J connectivity index is 2.11. The van der Waals surface area contributed by atoms with E-state index >= 15 is 0 Å². The molecule has 1 aromatic carbocycles. The summed E-state index contributed by atoms with van der Waals surface area (Å²) in [5.41, 5.74) is 1.80. The molecule has 96 valence electrons. The lowest BCUT2D eigenvalue weighted by Crippen LogP contribution is -2.22. The van der Waals surface area contributed by atoms with E-state index in [4.69, 9.17) is 5.26 Å². The van der Waals surface area contributed by atoms with E-state index in [2.05, 4.69) is 4.98 Å². The fourth-order valence-electron chi connectivity index (χ4n) is 2.22. The fraction of sp³-hybridized carbons (Fsp3) is 0.0625. The van der Waals surface area contributed by atoms with Gasteiger partial charge in [0.15, 0.2) is 0 Å². The second kappa shape index (κ2) is 4.98. The maximum atomic E-state index is 12.1. The second-order valence-corrected chi connectivity index (χ2v) is 4.45. The van der Waals surface area contributed by atoms with E-state index < -0.39 is 0 Å². The number of aromatic nitrogens is 2. The van der Waals surface area contributed by atoms with E-state index in [1.165, 1.54) is 6.07 Å². The molecule has 3 aromatic rings. The first-order chi connectivity index (χ1) is 9.79. The Bertz CT molecular complexity index is 869. The van der Waals surface area contributed by atoms with Crippen molar-refractivity contribution >= 4 is 10.9 Å². The highest BCUT2D eigenvalue weighted by Gasteiger charge is 2.05. The number of benzene rings is 1. The molecule has 0 atom stereocenters. The summed E-state index contributed by atoms with van der Waals surface area (Å²) in [7, 11) is 0. The Morgan fingerprint density at radius 3 is 2.85 bits per heavy atom. The summed E-state index contributed by atoms with van der Waals surface area (Å²) in [5.74, 6) is 0. The fourth-order valence-corrected chi connectivity index (χ4v) is 2.22. The van der Waals surface area contributed by atoms with Gasteiger partial charge in [-0.25, -0.2) is 0 Å². The summed E-state index contributed by atoms with van der Waals surface area (Å²) in [4.78, 5) is 16.4. The van der Waals surface area contributed by atoms with Crippen LogP contribution in [-0.4, -0.2) is 9.55 Å². The number of nitrogens with zero attached hydrogens (tertiary/aromatic N) is 3. The monoisotopic (exact) mass is 261 g/mol. The van der Waals surface area contributed by atoms with Gasteiger partial charge in [0.1, 0.15) is 11.6 Å². The van der Waals surface area contributed by atoms with Gasteiger partial charge in [-0.15, -0.1) is 0 Å². The van der Waals surface area contributed by atoms with Crippen LogP contribution in [0, 0.1) is 11.3 Å². The van der Waals surface area contributed by atoms with Crippen LogP contribution in [0.15, 0.2) is 59.7 Å². The summed E-state index contributed by atoms with van der Waals surface area (Å²) < 4.78 is 1.54. The van der Waals surface area contributed by atoms with Crippen LogP contribution in [0.25, 0.3) is 10.9 Å². The zero-order valence-corrected chi connectivity index (χ0v) is 10.7. The average molecular weight is 261 g/mol. The van der Waals surface area contributed by atoms with Crippen LogP contribution in [0.1, 0.15) is 11.1 Å².